The van der Waals surface area contributed by atoms with Crippen molar-refractivity contribution in [1.29, 1.82) is 0 Å². The number of hydrogen-bond donors (Lipinski definition) is 2. The van der Waals surface area contributed by atoms with E-state index in [1.54, 1.807) is 13.2 Å². The molecule has 112 valence electrons. The maximum Gasteiger partial charge on any atom is 0.315 e. The number of amides is 2. The topological polar surface area (TPSA) is 58.2 Å². The largest absolute Gasteiger partial charge is 0.337 e. The van der Waals surface area contributed by atoms with E-state index in [-0.39, 0.29) is 10.0 Å². The second-order valence-corrected chi connectivity index (χ2v) is 6.56. The highest BCUT2D eigenvalue weighted by atomic mass is 35.5. The molecular weight excluding hydrogens is 326 g/mol. The molecule has 0 aromatic heterocycles. The van der Waals surface area contributed by atoms with E-state index in [9.17, 15) is 13.4 Å². The van der Waals surface area contributed by atoms with Gasteiger partial charge in [-0.15, -0.1) is 0 Å². The number of carbonyl (C=O) groups is 1. The molecule has 0 aliphatic heterocycles. The van der Waals surface area contributed by atoms with Gasteiger partial charge in [0.2, 0.25) is 0 Å². The van der Waals surface area contributed by atoms with Gasteiger partial charge in [-0.3, -0.25) is 4.21 Å². The van der Waals surface area contributed by atoms with E-state index in [0.29, 0.717) is 17.9 Å². The van der Waals surface area contributed by atoms with Crippen LogP contribution in [-0.4, -0.2) is 28.8 Å². The summed E-state index contributed by atoms with van der Waals surface area (Å²) in [6.45, 7) is 1.97. The molecule has 0 heterocycles. The lowest BCUT2D eigenvalue weighted by molar-refractivity contribution is 0.238. The molecule has 8 heteroatoms. The van der Waals surface area contributed by atoms with E-state index in [0.717, 1.165) is 0 Å². The van der Waals surface area contributed by atoms with Crippen LogP contribution in [0.25, 0.3) is 0 Å². The minimum absolute atomic E-state index is 0.0687. The summed E-state index contributed by atoms with van der Waals surface area (Å²) in [5.41, 5.74) is 0.433. The van der Waals surface area contributed by atoms with E-state index >= 15 is 0 Å². The Kier molecular flexibility index (Phi) is 6.71. The van der Waals surface area contributed by atoms with Crippen LogP contribution < -0.4 is 10.6 Å². The van der Waals surface area contributed by atoms with Crippen LogP contribution in [0.5, 0.6) is 0 Å². The molecule has 4 nitrogen and oxygen atoms in total. The van der Waals surface area contributed by atoms with E-state index in [1.165, 1.54) is 12.1 Å². The Labute approximate surface area is 129 Å². The van der Waals surface area contributed by atoms with Gasteiger partial charge in [0.05, 0.1) is 11.1 Å². The van der Waals surface area contributed by atoms with Crippen molar-refractivity contribution in [3.8, 4) is 0 Å². The van der Waals surface area contributed by atoms with Gasteiger partial charge in [-0.1, -0.05) is 23.2 Å². The van der Waals surface area contributed by atoms with Crippen molar-refractivity contribution < 1.29 is 13.4 Å². The second kappa shape index (κ2) is 7.81. The molecule has 0 unspecified atom stereocenters. The van der Waals surface area contributed by atoms with Crippen LogP contribution in [0.3, 0.4) is 0 Å². The summed E-state index contributed by atoms with van der Waals surface area (Å²) in [5.74, 6) is -0.223. The van der Waals surface area contributed by atoms with Gasteiger partial charge >= 0.3 is 6.03 Å². The molecule has 20 heavy (non-hydrogen) atoms. The molecule has 2 N–H and O–H groups in total. The van der Waals surface area contributed by atoms with Gasteiger partial charge in [0.25, 0.3) is 0 Å². The highest BCUT2D eigenvalue weighted by Gasteiger charge is 2.15. The molecule has 2 amide bonds. The SMILES string of the molecule is C[C@@H](NC(=O)NCC[S@@](C)=O)c1cc(F)c(Cl)cc1Cl. The number of halogens is 3. The minimum Gasteiger partial charge on any atom is -0.337 e. The smallest absolute Gasteiger partial charge is 0.315 e. The first-order chi connectivity index (χ1) is 9.31. The first kappa shape index (κ1) is 17.2. The zero-order valence-electron chi connectivity index (χ0n) is 11.0. The lowest BCUT2D eigenvalue weighted by Crippen LogP contribution is -2.38. The number of benzene rings is 1. The van der Waals surface area contributed by atoms with E-state index in [2.05, 4.69) is 10.6 Å². The zero-order valence-corrected chi connectivity index (χ0v) is 13.3. The van der Waals surface area contributed by atoms with Crippen molar-refractivity contribution >= 4 is 40.0 Å². The van der Waals surface area contributed by atoms with Crippen molar-refractivity contribution in [3.05, 3.63) is 33.6 Å². The first-order valence-corrected chi connectivity index (χ1v) is 8.28. The van der Waals surface area contributed by atoms with E-state index < -0.39 is 28.7 Å². The lowest BCUT2D eigenvalue weighted by atomic mass is 10.1. The minimum atomic E-state index is -0.968. The third kappa shape index (κ3) is 5.26. The standard InChI is InChI=1S/C12H15Cl2FN2O2S/c1-7(17-12(18)16-3-4-20(2)19)8-5-11(15)10(14)6-9(8)13/h5-7H,3-4H2,1-2H3,(H2,16,17,18)/t7-,20-/m1/s1. The molecule has 0 spiro atoms. The molecule has 0 saturated heterocycles. The zero-order chi connectivity index (χ0) is 15.3. The summed E-state index contributed by atoms with van der Waals surface area (Å²) < 4.78 is 24.2. The van der Waals surface area contributed by atoms with Gasteiger partial charge in [0.1, 0.15) is 5.82 Å². The Morgan fingerprint density at radius 1 is 1.40 bits per heavy atom. The highest BCUT2D eigenvalue weighted by Crippen LogP contribution is 2.28. The van der Waals surface area contributed by atoms with Crippen LogP contribution >= 0.6 is 23.2 Å². The number of nitrogens with one attached hydrogen (secondary N) is 2. The molecule has 0 bridgehead atoms. The Morgan fingerprint density at radius 3 is 2.65 bits per heavy atom. The maximum absolute atomic E-state index is 13.4. The fourth-order valence-corrected chi connectivity index (χ4v) is 2.44. The molecule has 0 fully saturated rings. The predicted octanol–water partition coefficient (Wildman–Crippen LogP) is 2.87. The summed E-state index contributed by atoms with van der Waals surface area (Å²) in [7, 11) is -0.968. The average Bonchev–Trinajstić information content (AvgIpc) is 2.33. The van der Waals surface area contributed by atoms with Crippen molar-refractivity contribution in [1.82, 2.24) is 10.6 Å². The molecule has 0 radical (unpaired) electrons. The van der Waals surface area contributed by atoms with Gasteiger partial charge in [-0.25, -0.2) is 9.18 Å². The lowest BCUT2D eigenvalue weighted by Gasteiger charge is -2.16. The second-order valence-electron chi connectivity index (χ2n) is 4.19. The Balaban J connectivity index is 2.62. The van der Waals surface area contributed by atoms with Crippen molar-refractivity contribution in [2.24, 2.45) is 0 Å². The molecule has 1 aromatic carbocycles. The molecular formula is C12H15Cl2FN2O2S. The Morgan fingerprint density at radius 2 is 2.05 bits per heavy atom. The van der Waals surface area contributed by atoms with Gasteiger partial charge < -0.3 is 10.6 Å². The fourth-order valence-electron chi connectivity index (χ4n) is 1.50. The third-order valence-corrected chi connectivity index (χ3v) is 3.92. The van der Waals surface area contributed by atoms with Crippen molar-refractivity contribution in [2.75, 3.05) is 18.6 Å². The van der Waals surface area contributed by atoms with Crippen LogP contribution in [0.4, 0.5) is 9.18 Å². The van der Waals surface area contributed by atoms with Gasteiger partial charge in [-0.2, -0.15) is 0 Å². The number of urea groups is 1. The van der Waals surface area contributed by atoms with Crippen LogP contribution in [0.1, 0.15) is 18.5 Å². The molecule has 2 atom stereocenters. The van der Waals surface area contributed by atoms with Gasteiger partial charge in [0, 0.05) is 34.4 Å². The van der Waals surface area contributed by atoms with Crippen LogP contribution in [0.2, 0.25) is 10.0 Å². The maximum atomic E-state index is 13.4. The molecule has 1 rings (SSSR count). The summed E-state index contributed by atoms with van der Waals surface area (Å²) in [6.07, 6.45) is 1.55. The van der Waals surface area contributed by atoms with Crippen molar-refractivity contribution in [3.63, 3.8) is 0 Å². The molecule has 0 aliphatic carbocycles. The molecule has 1 aromatic rings. The monoisotopic (exact) mass is 340 g/mol. The Bertz CT molecular complexity index is 528. The summed E-state index contributed by atoms with van der Waals surface area (Å²) in [5, 5.41) is 5.38. The number of hydrogen-bond acceptors (Lipinski definition) is 2. The normalized spacial score (nSPS) is 13.7. The van der Waals surface area contributed by atoms with Crippen molar-refractivity contribution in [2.45, 2.75) is 13.0 Å². The summed E-state index contributed by atoms with van der Waals surface area (Å²) in [4.78, 5) is 11.6. The Hall–Kier alpha value is -0.850. The highest BCUT2D eigenvalue weighted by molar-refractivity contribution is 7.84. The quantitative estimate of drug-likeness (QED) is 0.809. The molecule has 0 saturated carbocycles. The molecule has 0 aliphatic rings. The predicted molar refractivity (Wildman–Crippen MR) is 80.3 cm³/mol. The van der Waals surface area contributed by atoms with Crippen LogP contribution in [0.15, 0.2) is 12.1 Å². The number of rotatable bonds is 5. The van der Waals surface area contributed by atoms with Gasteiger partial charge in [0.15, 0.2) is 0 Å². The first-order valence-electron chi connectivity index (χ1n) is 5.80. The van der Waals surface area contributed by atoms with Gasteiger partial charge in [-0.05, 0) is 24.6 Å². The third-order valence-electron chi connectivity index (χ3n) is 2.53. The average molecular weight is 341 g/mol. The summed E-state index contributed by atoms with van der Waals surface area (Å²) >= 11 is 11.6. The van der Waals surface area contributed by atoms with E-state index in [1.807, 2.05) is 0 Å². The van der Waals surface area contributed by atoms with E-state index in [4.69, 9.17) is 23.2 Å². The summed E-state index contributed by atoms with van der Waals surface area (Å²) in [6, 6.07) is 1.57. The number of carbonyl (C=O) groups excluding carboxylic acids is 1. The fraction of sp³-hybridized carbons (Fsp3) is 0.417. The van der Waals surface area contributed by atoms with Crippen LogP contribution in [-0.2, 0) is 10.8 Å². The van der Waals surface area contributed by atoms with Crippen LogP contribution in [0, 0.1) is 5.82 Å².